The standard InChI is InChI=1S/C12H19N3O/c1-15-11-4-5-13-7-10(11)12(14-15)9-3-2-6-16-8-9/h9,13H,2-8H2,1H3. The van der Waals surface area contributed by atoms with Gasteiger partial charge in [-0.1, -0.05) is 0 Å². The van der Waals surface area contributed by atoms with Gasteiger partial charge in [-0.15, -0.1) is 0 Å². The van der Waals surface area contributed by atoms with Crippen LogP contribution in [-0.4, -0.2) is 29.5 Å². The zero-order valence-corrected chi connectivity index (χ0v) is 9.83. The Morgan fingerprint density at radius 2 is 2.44 bits per heavy atom. The van der Waals surface area contributed by atoms with Gasteiger partial charge in [0.15, 0.2) is 0 Å². The van der Waals surface area contributed by atoms with E-state index in [-0.39, 0.29) is 0 Å². The third-order valence-electron chi connectivity index (χ3n) is 3.69. The van der Waals surface area contributed by atoms with Crippen molar-refractivity contribution < 1.29 is 4.74 Å². The fourth-order valence-corrected chi connectivity index (χ4v) is 2.84. The second kappa shape index (κ2) is 4.18. The first-order valence-corrected chi connectivity index (χ1v) is 6.19. The quantitative estimate of drug-likeness (QED) is 0.767. The zero-order valence-electron chi connectivity index (χ0n) is 9.83. The maximum absolute atomic E-state index is 5.57. The molecule has 88 valence electrons. The average Bonchev–Trinajstić information content (AvgIpc) is 2.69. The Morgan fingerprint density at radius 3 is 3.25 bits per heavy atom. The lowest BCUT2D eigenvalue weighted by Gasteiger charge is -2.22. The zero-order chi connectivity index (χ0) is 11.0. The third kappa shape index (κ3) is 1.66. The van der Waals surface area contributed by atoms with E-state index in [9.17, 15) is 0 Å². The summed E-state index contributed by atoms with van der Waals surface area (Å²) >= 11 is 0. The second-order valence-corrected chi connectivity index (χ2v) is 4.77. The highest BCUT2D eigenvalue weighted by Gasteiger charge is 2.26. The summed E-state index contributed by atoms with van der Waals surface area (Å²) in [7, 11) is 2.07. The van der Waals surface area contributed by atoms with Gasteiger partial charge in [-0.25, -0.2) is 0 Å². The van der Waals surface area contributed by atoms with Crippen molar-refractivity contribution in [2.45, 2.75) is 31.7 Å². The summed E-state index contributed by atoms with van der Waals surface area (Å²) < 4.78 is 7.64. The van der Waals surface area contributed by atoms with Crippen LogP contribution in [0.2, 0.25) is 0 Å². The summed E-state index contributed by atoms with van der Waals surface area (Å²) in [6.07, 6.45) is 3.50. The van der Waals surface area contributed by atoms with Crippen LogP contribution in [-0.2, 0) is 24.8 Å². The van der Waals surface area contributed by atoms with E-state index < -0.39 is 0 Å². The molecule has 1 N–H and O–H groups in total. The Bertz CT molecular complexity index is 380. The number of hydrogen-bond donors (Lipinski definition) is 1. The molecule has 0 spiro atoms. The molecule has 0 bridgehead atoms. The van der Waals surface area contributed by atoms with Gasteiger partial charge in [0.2, 0.25) is 0 Å². The van der Waals surface area contributed by atoms with Gasteiger partial charge in [0.05, 0.1) is 12.3 Å². The smallest absolute Gasteiger partial charge is 0.0726 e. The number of rotatable bonds is 1. The van der Waals surface area contributed by atoms with Crippen molar-refractivity contribution in [1.82, 2.24) is 15.1 Å². The molecular weight excluding hydrogens is 202 g/mol. The molecule has 1 fully saturated rings. The van der Waals surface area contributed by atoms with E-state index in [0.29, 0.717) is 5.92 Å². The highest BCUT2D eigenvalue weighted by Crippen LogP contribution is 2.29. The summed E-state index contributed by atoms with van der Waals surface area (Å²) in [5.74, 6) is 0.517. The van der Waals surface area contributed by atoms with E-state index in [4.69, 9.17) is 9.84 Å². The van der Waals surface area contributed by atoms with Gasteiger partial charge in [-0.3, -0.25) is 4.68 Å². The van der Waals surface area contributed by atoms with Crippen LogP contribution in [0.5, 0.6) is 0 Å². The molecule has 2 aliphatic rings. The highest BCUT2D eigenvalue weighted by molar-refractivity contribution is 5.31. The van der Waals surface area contributed by atoms with Gasteiger partial charge in [-0.05, 0) is 12.8 Å². The molecule has 0 radical (unpaired) electrons. The van der Waals surface area contributed by atoms with Crippen LogP contribution in [0, 0.1) is 0 Å². The number of aromatic nitrogens is 2. The number of hydrogen-bond acceptors (Lipinski definition) is 3. The minimum Gasteiger partial charge on any atom is -0.381 e. The van der Waals surface area contributed by atoms with E-state index in [1.165, 1.54) is 29.8 Å². The Kier molecular flexibility index (Phi) is 2.69. The largest absolute Gasteiger partial charge is 0.381 e. The molecule has 0 amide bonds. The number of aryl methyl sites for hydroxylation is 1. The Balaban J connectivity index is 1.93. The van der Waals surface area contributed by atoms with Crippen molar-refractivity contribution >= 4 is 0 Å². The molecular formula is C12H19N3O. The predicted molar refractivity (Wildman–Crippen MR) is 61.4 cm³/mol. The van der Waals surface area contributed by atoms with Gasteiger partial charge in [0, 0.05) is 50.3 Å². The van der Waals surface area contributed by atoms with E-state index >= 15 is 0 Å². The first-order chi connectivity index (χ1) is 7.86. The Morgan fingerprint density at radius 1 is 1.50 bits per heavy atom. The molecule has 0 aliphatic carbocycles. The number of ether oxygens (including phenoxy) is 1. The Labute approximate surface area is 96.0 Å². The lowest BCUT2D eigenvalue weighted by Crippen LogP contribution is -2.25. The van der Waals surface area contributed by atoms with Crippen molar-refractivity contribution in [3.8, 4) is 0 Å². The molecule has 0 saturated carbocycles. The normalized spacial score (nSPS) is 25.4. The monoisotopic (exact) mass is 221 g/mol. The van der Waals surface area contributed by atoms with Crippen LogP contribution in [0.3, 0.4) is 0 Å². The molecule has 1 unspecified atom stereocenters. The van der Waals surface area contributed by atoms with Gasteiger partial charge >= 0.3 is 0 Å². The summed E-state index contributed by atoms with van der Waals surface area (Å²) in [5.41, 5.74) is 4.13. The van der Waals surface area contributed by atoms with Gasteiger partial charge in [0.1, 0.15) is 0 Å². The Hall–Kier alpha value is -0.870. The molecule has 1 aromatic rings. The molecule has 4 heteroatoms. The van der Waals surface area contributed by atoms with Gasteiger partial charge < -0.3 is 10.1 Å². The van der Waals surface area contributed by atoms with Crippen LogP contribution in [0.15, 0.2) is 0 Å². The average molecular weight is 221 g/mol. The summed E-state index contributed by atoms with van der Waals surface area (Å²) in [6, 6.07) is 0. The number of nitrogens with zero attached hydrogens (tertiary/aromatic N) is 2. The lowest BCUT2D eigenvalue weighted by atomic mass is 9.93. The minimum atomic E-state index is 0.517. The van der Waals surface area contributed by atoms with E-state index in [2.05, 4.69) is 17.0 Å². The van der Waals surface area contributed by atoms with Crippen LogP contribution < -0.4 is 5.32 Å². The minimum absolute atomic E-state index is 0.517. The third-order valence-corrected chi connectivity index (χ3v) is 3.69. The molecule has 4 nitrogen and oxygen atoms in total. The SMILES string of the molecule is Cn1nc(C2CCCOC2)c2c1CCNC2. The van der Waals surface area contributed by atoms with Crippen LogP contribution in [0.4, 0.5) is 0 Å². The topological polar surface area (TPSA) is 39.1 Å². The summed E-state index contributed by atoms with van der Waals surface area (Å²) in [4.78, 5) is 0. The van der Waals surface area contributed by atoms with Crippen LogP contribution >= 0.6 is 0 Å². The van der Waals surface area contributed by atoms with Gasteiger partial charge in [-0.2, -0.15) is 5.10 Å². The molecule has 2 aliphatic heterocycles. The molecule has 3 heterocycles. The molecule has 0 aromatic carbocycles. The van der Waals surface area contributed by atoms with Crippen molar-refractivity contribution in [2.24, 2.45) is 7.05 Å². The predicted octanol–water partition coefficient (Wildman–Crippen LogP) is 0.960. The molecule has 16 heavy (non-hydrogen) atoms. The fourth-order valence-electron chi connectivity index (χ4n) is 2.84. The van der Waals surface area contributed by atoms with Gasteiger partial charge in [0.25, 0.3) is 0 Å². The van der Waals surface area contributed by atoms with Crippen molar-refractivity contribution in [3.05, 3.63) is 17.0 Å². The van der Waals surface area contributed by atoms with Crippen LogP contribution in [0.1, 0.15) is 35.7 Å². The fraction of sp³-hybridized carbons (Fsp3) is 0.750. The van der Waals surface area contributed by atoms with Crippen molar-refractivity contribution in [3.63, 3.8) is 0 Å². The van der Waals surface area contributed by atoms with E-state index in [1.807, 2.05) is 0 Å². The number of fused-ring (bicyclic) bond motifs is 1. The molecule has 3 rings (SSSR count). The molecule has 1 aromatic heterocycles. The molecule has 1 saturated heterocycles. The summed E-state index contributed by atoms with van der Waals surface area (Å²) in [6.45, 7) is 3.83. The summed E-state index contributed by atoms with van der Waals surface area (Å²) in [5, 5.41) is 8.15. The lowest BCUT2D eigenvalue weighted by molar-refractivity contribution is 0.0789. The molecule has 1 atom stereocenters. The highest BCUT2D eigenvalue weighted by atomic mass is 16.5. The second-order valence-electron chi connectivity index (χ2n) is 4.77. The van der Waals surface area contributed by atoms with Crippen molar-refractivity contribution in [2.75, 3.05) is 19.8 Å². The number of nitrogens with one attached hydrogen (secondary N) is 1. The maximum Gasteiger partial charge on any atom is 0.0726 e. The first kappa shape index (κ1) is 10.3. The van der Waals surface area contributed by atoms with E-state index in [1.54, 1.807) is 0 Å². The maximum atomic E-state index is 5.57. The van der Waals surface area contributed by atoms with Crippen LogP contribution in [0.25, 0.3) is 0 Å². The van der Waals surface area contributed by atoms with E-state index in [0.717, 1.165) is 32.7 Å². The first-order valence-electron chi connectivity index (χ1n) is 6.19. The van der Waals surface area contributed by atoms with Crippen molar-refractivity contribution in [1.29, 1.82) is 0 Å².